The molecule has 14 heteroatoms. The minimum Gasteiger partial charge on any atom is -0.481 e. The molecule has 2 aromatic heterocycles. The Kier molecular flexibility index (Phi) is 10.6. The molecule has 14 nitrogen and oxygen atoms in total. The Balaban J connectivity index is 1.78. The summed E-state index contributed by atoms with van der Waals surface area (Å²) in [6.07, 6.45) is 3.85. The molecule has 220 valence electrons. The van der Waals surface area contributed by atoms with Crippen LogP contribution in [0.5, 0.6) is 0 Å². The van der Waals surface area contributed by atoms with Crippen LogP contribution < -0.4 is 21.7 Å². The van der Waals surface area contributed by atoms with Crippen molar-refractivity contribution in [3.8, 4) is 0 Å². The molecule has 3 rings (SSSR count). The molecule has 0 aliphatic rings. The number of nitrogens with one attached hydrogen (secondary N) is 5. The molecule has 0 saturated carbocycles. The highest BCUT2D eigenvalue weighted by Crippen LogP contribution is 2.19. The minimum absolute atomic E-state index is 0.0404. The maximum absolute atomic E-state index is 13.4. The van der Waals surface area contributed by atoms with Gasteiger partial charge < -0.3 is 41.9 Å². The number of nitrogens with two attached hydrogens (primary N) is 1. The molecule has 0 fully saturated rings. The summed E-state index contributed by atoms with van der Waals surface area (Å²) >= 11 is 0. The summed E-state index contributed by atoms with van der Waals surface area (Å²) in [7, 11) is 0. The molecule has 0 bridgehead atoms. The third-order valence-corrected chi connectivity index (χ3v) is 6.40. The maximum atomic E-state index is 13.4. The highest BCUT2D eigenvalue weighted by Gasteiger charge is 2.32. The molecule has 41 heavy (non-hydrogen) atoms. The number of H-pyrrole nitrogens is 2. The third kappa shape index (κ3) is 8.89. The molecular formula is C27H35N7O7. The van der Waals surface area contributed by atoms with Gasteiger partial charge in [0.15, 0.2) is 0 Å². The van der Waals surface area contributed by atoms with E-state index in [-0.39, 0.29) is 18.8 Å². The number of benzene rings is 1. The standard InChI is InChI=1S/C27H35N7O7/c1-14(2)7-18(28)24(37)32-21(10-23(35)36)26(39)33-20(9-16-12-29-13-31-16)25(38)34-22(27(40)41)8-15-11-30-19-6-4-3-5-17(15)19/h3-6,11-14,18,20-22,30H,7-10,28H2,1-2H3,(H,29,31)(H,32,37)(H,33,39)(H,34,38)(H,35,36)(H,40,41). The van der Waals surface area contributed by atoms with Crippen molar-refractivity contribution in [3.63, 3.8) is 0 Å². The number of aromatic nitrogens is 3. The molecule has 3 amide bonds. The Labute approximate surface area is 235 Å². The van der Waals surface area contributed by atoms with Crippen molar-refractivity contribution in [1.29, 1.82) is 0 Å². The van der Waals surface area contributed by atoms with Gasteiger partial charge in [0.25, 0.3) is 0 Å². The first-order chi connectivity index (χ1) is 19.4. The summed E-state index contributed by atoms with van der Waals surface area (Å²) in [5, 5.41) is 27.3. The van der Waals surface area contributed by atoms with Crippen LogP contribution in [0.25, 0.3) is 10.9 Å². The van der Waals surface area contributed by atoms with Crippen LogP contribution in [-0.4, -0.2) is 79.0 Å². The van der Waals surface area contributed by atoms with Crippen molar-refractivity contribution in [2.75, 3.05) is 0 Å². The Morgan fingerprint density at radius 1 is 0.902 bits per heavy atom. The number of carboxylic acid groups (broad SMARTS) is 2. The van der Waals surface area contributed by atoms with Crippen molar-refractivity contribution < 1.29 is 34.2 Å². The van der Waals surface area contributed by atoms with Gasteiger partial charge in [0.1, 0.15) is 18.1 Å². The lowest BCUT2D eigenvalue weighted by atomic mass is 10.0. The fraction of sp³-hybridized carbons (Fsp3) is 0.407. The summed E-state index contributed by atoms with van der Waals surface area (Å²) in [5.41, 5.74) is 7.82. The SMILES string of the molecule is CC(C)CC(N)C(=O)NC(CC(=O)O)C(=O)NC(Cc1cnc[nH]1)C(=O)NC(Cc1c[nH]c2ccccc12)C(=O)O. The van der Waals surface area contributed by atoms with Gasteiger partial charge >= 0.3 is 11.9 Å². The summed E-state index contributed by atoms with van der Waals surface area (Å²) in [6.45, 7) is 3.71. The molecule has 0 spiro atoms. The summed E-state index contributed by atoms with van der Waals surface area (Å²) in [4.78, 5) is 72.4. The second-order valence-electron chi connectivity index (χ2n) is 10.2. The monoisotopic (exact) mass is 569 g/mol. The Bertz CT molecular complexity index is 1370. The number of aromatic amines is 2. The Hall–Kier alpha value is -4.72. The van der Waals surface area contributed by atoms with Gasteiger partial charge in [-0.15, -0.1) is 0 Å². The molecule has 0 saturated heterocycles. The van der Waals surface area contributed by atoms with Gasteiger partial charge in [-0.3, -0.25) is 19.2 Å². The predicted molar refractivity (Wildman–Crippen MR) is 147 cm³/mol. The molecule has 4 atom stereocenters. The number of para-hydroxylation sites is 1. The molecule has 0 aliphatic heterocycles. The lowest BCUT2D eigenvalue weighted by Gasteiger charge is -2.24. The van der Waals surface area contributed by atoms with Crippen molar-refractivity contribution in [2.24, 2.45) is 11.7 Å². The largest absolute Gasteiger partial charge is 0.481 e. The molecule has 0 radical (unpaired) electrons. The van der Waals surface area contributed by atoms with Gasteiger partial charge in [-0.1, -0.05) is 32.0 Å². The molecule has 2 heterocycles. The van der Waals surface area contributed by atoms with E-state index in [9.17, 15) is 34.2 Å². The van der Waals surface area contributed by atoms with Gasteiger partial charge in [-0.2, -0.15) is 0 Å². The lowest BCUT2D eigenvalue weighted by molar-refractivity contribution is -0.143. The van der Waals surface area contributed by atoms with E-state index in [1.54, 1.807) is 6.20 Å². The van der Waals surface area contributed by atoms with Crippen LogP contribution in [0.4, 0.5) is 0 Å². The molecular weight excluding hydrogens is 534 g/mol. The van der Waals surface area contributed by atoms with Crippen LogP contribution in [0.2, 0.25) is 0 Å². The first-order valence-electron chi connectivity index (χ1n) is 13.1. The highest BCUT2D eigenvalue weighted by atomic mass is 16.4. The van der Waals surface area contributed by atoms with E-state index in [0.29, 0.717) is 17.7 Å². The molecule has 0 aliphatic carbocycles. The first kappa shape index (κ1) is 30.8. The van der Waals surface area contributed by atoms with Crippen molar-refractivity contribution in [3.05, 3.63) is 54.2 Å². The van der Waals surface area contributed by atoms with Crippen molar-refractivity contribution >= 4 is 40.6 Å². The van der Waals surface area contributed by atoms with Gasteiger partial charge in [0.05, 0.1) is 18.8 Å². The Morgan fingerprint density at radius 3 is 2.20 bits per heavy atom. The highest BCUT2D eigenvalue weighted by molar-refractivity contribution is 5.96. The van der Waals surface area contributed by atoms with Gasteiger partial charge in [-0.05, 0) is 24.0 Å². The maximum Gasteiger partial charge on any atom is 0.326 e. The average Bonchev–Trinajstić information content (AvgIpc) is 3.56. The molecule has 3 aromatic rings. The smallest absolute Gasteiger partial charge is 0.326 e. The van der Waals surface area contributed by atoms with Gasteiger partial charge in [0, 0.05) is 41.8 Å². The number of carboxylic acids is 2. The number of amides is 3. The van der Waals surface area contributed by atoms with Crippen LogP contribution >= 0.6 is 0 Å². The Morgan fingerprint density at radius 2 is 1.56 bits per heavy atom. The van der Waals surface area contributed by atoms with Crippen LogP contribution in [0.3, 0.4) is 0 Å². The van der Waals surface area contributed by atoms with Crippen LogP contribution in [-0.2, 0) is 36.8 Å². The number of carbonyl (C=O) groups is 5. The van der Waals surface area contributed by atoms with E-state index in [2.05, 4.69) is 30.9 Å². The summed E-state index contributed by atoms with van der Waals surface area (Å²) in [6, 6.07) is 2.14. The second-order valence-corrected chi connectivity index (χ2v) is 10.2. The number of rotatable bonds is 15. The summed E-state index contributed by atoms with van der Waals surface area (Å²) < 4.78 is 0. The third-order valence-electron chi connectivity index (χ3n) is 6.40. The fourth-order valence-electron chi connectivity index (χ4n) is 4.37. The molecule has 9 N–H and O–H groups in total. The number of aliphatic carboxylic acids is 2. The van der Waals surface area contributed by atoms with Crippen LogP contribution in [0.1, 0.15) is 37.9 Å². The summed E-state index contributed by atoms with van der Waals surface area (Å²) in [5.74, 6) is -5.04. The van der Waals surface area contributed by atoms with E-state index >= 15 is 0 Å². The van der Waals surface area contributed by atoms with E-state index in [1.165, 1.54) is 12.5 Å². The quantitative estimate of drug-likeness (QED) is 0.123. The second kappa shape index (κ2) is 14.1. The predicted octanol–water partition coefficient (Wildman–Crippen LogP) is 0.0633. The van der Waals surface area contributed by atoms with E-state index in [1.807, 2.05) is 38.1 Å². The van der Waals surface area contributed by atoms with E-state index in [0.717, 1.165) is 10.9 Å². The molecule has 4 unspecified atom stereocenters. The van der Waals surface area contributed by atoms with Gasteiger partial charge in [0.2, 0.25) is 17.7 Å². The van der Waals surface area contributed by atoms with E-state index in [4.69, 9.17) is 5.73 Å². The van der Waals surface area contributed by atoms with E-state index < -0.39 is 60.2 Å². The van der Waals surface area contributed by atoms with Crippen LogP contribution in [0, 0.1) is 5.92 Å². The zero-order valence-electron chi connectivity index (χ0n) is 22.7. The van der Waals surface area contributed by atoms with Crippen molar-refractivity contribution in [2.45, 2.75) is 63.7 Å². The normalized spacial score (nSPS) is 14.1. The van der Waals surface area contributed by atoms with Crippen LogP contribution in [0.15, 0.2) is 43.0 Å². The number of nitrogens with zero attached hydrogens (tertiary/aromatic N) is 1. The number of hydrogen-bond donors (Lipinski definition) is 8. The number of hydrogen-bond acceptors (Lipinski definition) is 7. The number of fused-ring (bicyclic) bond motifs is 1. The zero-order valence-corrected chi connectivity index (χ0v) is 22.7. The zero-order chi connectivity index (χ0) is 30.1. The first-order valence-corrected chi connectivity index (χ1v) is 13.1. The number of carbonyl (C=O) groups excluding carboxylic acids is 3. The average molecular weight is 570 g/mol. The minimum atomic E-state index is -1.53. The fourth-order valence-corrected chi connectivity index (χ4v) is 4.37. The number of imidazole rings is 1. The lowest BCUT2D eigenvalue weighted by Crippen LogP contribution is -2.58. The topological polar surface area (TPSA) is 232 Å². The van der Waals surface area contributed by atoms with Crippen molar-refractivity contribution in [1.82, 2.24) is 30.9 Å². The van der Waals surface area contributed by atoms with Gasteiger partial charge in [-0.25, -0.2) is 9.78 Å². The molecule has 1 aromatic carbocycles.